The van der Waals surface area contributed by atoms with Gasteiger partial charge in [-0.3, -0.25) is 0 Å². The number of alkyl halides is 1. The first-order valence-corrected chi connectivity index (χ1v) is 24.6. The van der Waals surface area contributed by atoms with Gasteiger partial charge in [0.25, 0.3) is 0 Å². The predicted molar refractivity (Wildman–Crippen MR) is 139 cm³/mol. The van der Waals surface area contributed by atoms with Gasteiger partial charge in [-0.05, 0) is 0 Å². The Hall–Kier alpha value is -0.773. The molecule has 0 aromatic heterocycles. The van der Waals surface area contributed by atoms with E-state index in [1.807, 2.05) is 0 Å². The van der Waals surface area contributed by atoms with Crippen LogP contribution in [0, 0.1) is 5.92 Å². The summed E-state index contributed by atoms with van der Waals surface area (Å²) in [4.78, 5) is 0. The van der Waals surface area contributed by atoms with Crippen LogP contribution in [0.4, 0.5) is 0 Å². The summed E-state index contributed by atoms with van der Waals surface area (Å²) in [6.07, 6.45) is 6.75. The first kappa shape index (κ1) is 23.0. The third-order valence-electron chi connectivity index (χ3n) is 6.93. The fraction of sp³-hybridized carbons (Fsp3) is 0.222. The van der Waals surface area contributed by atoms with Gasteiger partial charge >= 0.3 is 214 Å². The van der Waals surface area contributed by atoms with Crippen LogP contribution < -0.4 is 0 Å². The Balaban J connectivity index is 1.86. The van der Waals surface area contributed by atoms with Gasteiger partial charge in [0.1, 0.15) is 0 Å². The molecule has 2 aromatic rings. The van der Waals surface area contributed by atoms with Gasteiger partial charge in [0.05, 0.1) is 0 Å². The van der Waals surface area contributed by atoms with Crippen LogP contribution in [0.15, 0.2) is 92.4 Å². The van der Waals surface area contributed by atoms with E-state index in [9.17, 15) is 0 Å². The number of halogens is 3. The van der Waals surface area contributed by atoms with Crippen LogP contribution in [-0.2, 0) is 19.1 Å². The van der Waals surface area contributed by atoms with Crippen LogP contribution in [0.1, 0.15) is 24.0 Å². The van der Waals surface area contributed by atoms with Crippen LogP contribution in [0.5, 0.6) is 0 Å². The van der Waals surface area contributed by atoms with E-state index in [1.165, 1.54) is 53.0 Å². The zero-order valence-corrected chi connectivity index (χ0v) is 25.2. The molecule has 0 heterocycles. The van der Waals surface area contributed by atoms with Gasteiger partial charge < -0.3 is 0 Å². The van der Waals surface area contributed by atoms with Gasteiger partial charge in [-0.25, -0.2) is 0 Å². The van der Waals surface area contributed by atoms with Crippen LogP contribution >= 0.6 is 28.8 Å². The minimum absolute atomic E-state index is 0.187. The summed E-state index contributed by atoms with van der Waals surface area (Å²) >= 11 is 3.84. The summed E-state index contributed by atoms with van der Waals surface area (Å²) in [7, 11) is 13.0. The van der Waals surface area contributed by atoms with Gasteiger partial charge in [0, 0.05) is 0 Å². The average molecular weight is 661 g/mol. The molecular formula is C27H24Cl3HfSi. The van der Waals surface area contributed by atoms with Crippen LogP contribution in [0.2, 0.25) is 13.1 Å². The monoisotopic (exact) mass is 661 g/mol. The molecule has 0 saturated heterocycles. The first-order valence-electron chi connectivity index (χ1n) is 10.9. The van der Waals surface area contributed by atoms with E-state index in [2.05, 4.69) is 86.8 Å². The van der Waals surface area contributed by atoms with Crippen molar-refractivity contribution >= 4 is 42.3 Å². The van der Waals surface area contributed by atoms with Gasteiger partial charge in [0.15, 0.2) is 0 Å². The summed E-state index contributed by atoms with van der Waals surface area (Å²) in [6.45, 7) is 6.96. The zero-order chi connectivity index (χ0) is 22.6. The van der Waals surface area contributed by atoms with E-state index in [-0.39, 0.29) is 11.8 Å². The SMILES string of the molecule is CC1=[C]([Hf]([Cl])[Cl])C2=CC=CC(=[Si](C)C)C(CCl)C2=C1C1c2ccccc2-c2ccccc21. The van der Waals surface area contributed by atoms with Gasteiger partial charge in [-0.15, -0.1) is 0 Å². The second-order valence-corrected chi connectivity index (χ2v) is 23.1. The summed E-state index contributed by atoms with van der Waals surface area (Å²) in [6, 6.07) is 17.7. The maximum absolute atomic E-state index is 6.81. The second kappa shape index (κ2) is 9.11. The third kappa shape index (κ3) is 3.53. The topological polar surface area (TPSA) is 0 Å². The molecule has 0 aliphatic heterocycles. The van der Waals surface area contributed by atoms with E-state index in [0.717, 1.165) is 0 Å². The normalized spacial score (nSPS) is 19.6. The Morgan fingerprint density at radius 3 is 2.03 bits per heavy atom. The van der Waals surface area contributed by atoms with E-state index < -0.39 is 27.5 Å². The van der Waals surface area contributed by atoms with Crippen molar-refractivity contribution in [2.45, 2.75) is 25.9 Å². The number of hydrogen-bond acceptors (Lipinski definition) is 0. The molecule has 3 aliphatic carbocycles. The van der Waals surface area contributed by atoms with Crippen molar-refractivity contribution in [2.24, 2.45) is 5.92 Å². The summed E-state index contributed by atoms with van der Waals surface area (Å²) < 4.78 is 1.24. The molecule has 0 amide bonds. The van der Waals surface area contributed by atoms with E-state index in [4.69, 9.17) is 28.8 Å². The fourth-order valence-corrected chi connectivity index (χ4v) is 14.5. The van der Waals surface area contributed by atoms with Crippen molar-refractivity contribution in [3.63, 3.8) is 0 Å². The Morgan fingerprint density at radius 1 is 0.906 bits per heavy atom. The third-order valence-corrected chi connectivity index (χ3v) is 15.7. The van der Waals surface area contributed by atoms with E-state index >= 15 is 0 Å². The molecule has 5 rings (SSSR count). The molecule has 0 saturated carbocycles. The second-order valence-electron chi connectivity index (χ2n) is 8.80. The fourth-order valence-electron chi connectivity index (χ4n) is 5.64. The van der Waals surface area contributed by atoms with Crippen molar-refractivity contribution < 1.29 is 19.1 Å². The van der Waals surface area contributed by atoms with Crippen molar-refractivity contribution in [3.05, 3.63) is 104 Å². The van der Waals surface area contributed by atoms with Gasteiger partial charge in [-0.1, -0.05) is 0 Å². The Morgan fingerprint density at radius 2 is 1.50 bits per heavy atom. The summed E-state index contributed by atoms with van der Waals surface area (Å²) in [5.74, 6) is 0.964. The van der Waals surface area contributed by atoms with Crippen LogP contribution in [0.3, 0.4) is 0 Å². The molecule has 32 heavy (non-hydrogen) atoms. The molecule has 1 unspecified atom stereocenters. The maximum atomic E-state index is 6.81. The van der Waals surface area contributed by atoms with Gasteiger partial charge in [-0.2, -0.15) is 0 Å². The average Bonchev–Trinajstić information content (AvgIpc) is 3.16. The van der Waals surface area contributed by atoms with Crippen LogP contribution in [0.25, 0.3) is 11.1 Å². The van der Waals surface area contributed by atoms with Crippen LogP contribution in [-0.4, -0.2) is 19.5 Å². The Kier molecular flexibility index (Phi) is 6.55. The molecule has 0 nitrogen and oxygen atoms in total. The molecule has 5 heteroatoms. The number of benzene rings is 2. The minimum atomic E-state index is -2.90. The van der Waals surface area contributed by atoms with Crippen molar-refractivity contribution in [3.8, 4) is 11.1 Å². The molecule has 3 aliphatic rings. The summed E-state index contributed by atoms with van der Waals surface area (Å²) in [5.41, 5.74) is 10.7. The Labute approximate surface area is 212 Å². The number of fused-ring (bicyclic) bond motifs is 4. The summed E-state index contributed by atoms with van der Waals surface area (Å²) in [5, 5.41) is 1.48. The van der Waals surface area contributed by atoms with Crippen molar-refractivity contribution in [1.82, 2.24) is 0 Å². The molecule has 0 bridgehead atoms. The molecule has 2 aromatic carbocycles. The first-order chi connectivity index (χ1) is 15.5. The van der Waals surface area contributed by atoms with Gasteiger partial charge in [0.2, 0.25) is 0 Å². The molecule has 1 atom stereocenters. The number of allylic oxidation sites excluding steroid dienone is 8. The number of hydrogen-bond donors (Lipinski definition) is 0. The predicted octanol–water partition coefficient (Wildman–Crippen LogP) is 8.17. The molecule has 0 N–H and O–H groups in total. The van der Waals surface area contributed by atoms with E-state index in [0.29, 0.717) is 5.88 Å². The Bertz CT molecular complexity index is 1230. The molecule has 0 fully saturated rings. The molecule has 0 radical (unpaired) electrons. The molecule has 161 valence electrons. The quantitative estimate of drug-likeness (QED) is 0.230. The van der Waals surface area contributed by atoms with E-state index in [1.54, 1.807) is 0 Å². The zero-order valence-electron chi connectivity index (χ0n) is 18.3. The standard InChI is InChI=1S/C27H24ClSi.2ClH.Hf/c1-17-15-18-9-8-14-24(29(2)3)23(16-28)26(18)25(17)27-21-12-6-4-10-19(21)20-11-5-7-13-22(20)27;;;/h4-14,23,27H,16H2,1-3H3;2*1H;/q;;;+2/p-2. The van der Waals surface area contributed by atoms with Crippen molar-refractivity contribution in [1.29, 1.82) is 0 Å². The van der Waals surface area contributed by atoms with Crippen molar-refractivity contribution in [2.75, 3.05) is 5.88 Å². The molecule has 0 spiro atoms. The number of rotatable bonds is 3. The molecular weight excluding hydrogens is 637 g/mol.